The molecule has 0 saturated carbocycles. The summed E-state index contributed by atoms with van der Waals surface area (Å²) in [6.45, 7) is 8.15. The fourth-order valence-electron chi connectivity index (χ4n) is 2.05. The lowest BCUT2D eigenvalue weighted by molar-refractivity contribution is 0.193. The summed E-state index contributed by atoms with van der Waals surface area (Å²) in [5, 5.41) is 7.92. The van der Waals surface area contributed by atoms with Gasteiger partial charge in [0.15, 0.2) is 0 Å². The SMILES string of the molecule is COCCCNC(C)c1c(C)nn(C)c1C. The molecule has 0 aliphatic heterocycles. The number of nitrogens with zero attached hydrogens (tertiary/aromatic N) is 2. The Morgan fingerprint density at radius 1 is 1.44 bits per heavy atom. The van der Waals surface area contributed by atoms with Gasteiger partial charge in [0.1, 0.15) is 0 Å². The van der Waals surface area contributed by atoms with Crippen LogP contribution in [0.4, 0.5) is 0 Å². The molecule has 1 atom stereocenters. The fourth-order valence-corrected chi connectivity index (χ4v) is 2.05. The average Bonchev–Trinajstić information content (AvgIpc) is 2.48. The van der Waals surface area contributed by atoms with Crippen LogP contribution in [-0.2, 0) is 11.8 Å². The molecule has 1 rings (SSSR count). The first kappa shape index (κ1) is 13.2. The molecular weight excluding hydrogens is 202 g/mol. The molecule has 0 spiro atoms. The van der Waals surface area contributed by atoms with Crippen molar-refractivity contribution in [2.24, 2.45) is 7.05 Å². The molecule has 0 bridgehead atoms. The predicted molar refractivity (Wildman–Crippen MR) is 65.6 cm³/mol. The zero-order valence-electron chi connectivity index (χ0n) is 11.0. The van der Waals surface area contributed by atoms with Crippen molar-refractivity contribution in [3.05, 3.63) is 17.0 Å². The normalized spacial score (nSPS) is 13.1. The van der Waals surface area contributed by atoms with Crippen LogP contribution in [-0.4, -0.2) is 30.0 Å². The highest BCUT2D eigenvalue weighted by Gasteiger charge is 2.15. The Kier molecular flexibility index (Phi) is 4.96. The van der Waals surface area contributed by atoms with Crippen LogP contribution in [0.5, 0.6) is 0 Å². The third kappa shape index (κ3) is 3.06. The third-order valence-electron chi connectivity index (χ3n) is 2.97. The van der Waals surface area contributed by atoms with E-state index in [-0.39, 0.29) is 0 Å². The first-order valence-corrected chi connectivity index (χ1v) is 5.80. The monoisotopic (exact) mass is 225 g/mol. The van der Waals surface area contributed by atoms with E-state index in [4.69, 9.17) is 4.74 Å². The van der Waals surface area contributed by atoms with E-state index in [9.17, 15) is 0 Å². The van der Waals surface area contributed by atoms with E-state index in [2.05, 4.69) is 31.2 Å². The van der Waals surface area contributed by atoms with E-state index >= 15 is 0 Å². The smallest absolute Gasteiger partial charge is 0.0644 e. The van der Waals surface area contributed by atoms with Gasteiger partial charge < -0.3 is 10.1 Å². The molecule has 0 aliphatic carbocycles. The molecule has 0 aliphatic rings. The minimum atomic E-state index is 0.352. The van der Waals surface area contributed by atoms with E-state index in [1.54, 1.807) is 7.11 Å². The summed E-state index contributed by atoms with van der Waals surface area (Å²) in [5.74, 6) is 0. The number of methoxy groups -OCH3 is 1. The number of aryl methyl sites for hydroxylation is 2. The van der Waals surface area contributed by atoms with Crippen LogP contribution < -0.4 is 5.32 Å². The maximum atomic E-state index is 5.02. The van der Waals surface area contributed by atoms with Gasteiger partial charge in [0.2, 0.25) is 0 Å². The molecule has 0 saturated heterocycles. The number of ether oxygens (including phenoxy) is 1. The number of hydrogen-bond acceptors (Lipinski definition) is 3. The van der Waals surface area contributed by atoms with Gasteiger partial charge in [-0.2, -0.15) is 5.10 Å². The van der Waals surface area contributed by atoms with Crippen LogP contribution in [0, 0.1) is 13.8 Å². The van der Waals surface area contributed by atoms with Crippen LogP contribution >= 0.6 is 0 Å². The predicted octanol–water partition coefficient (Wildman–Crippen LogP) is 1.72. The number of aromatic nitrogens is 2. The third-order valence-corrected chi connectivity index (χ3v) is 2.97. The number of hydrogen-bond donors (Lipinski definition) is 1. The molecule has 4 nitrogen and oxygen atoms in total. The van der Waals surface area contributed by atoms with E-state index in [0.717, 1.165) is 25.3 Å². The van der Waals surface area contributed by atoms with Crippen LogP contribution in [0.1, 0.15) is 36.3 Å². The molecule has 1 aromatic rings. The van der Waals surface area contributed by atoms with Crippen molar-refractivity contribution in [3.8, 4) is 0 Å². The summed E-state index contributed by atoms with van der Waals surface area (Å²) >= 11 is 0. The van der Waals surface area contributed by atoms with Gasteiger partial charge in [0.25, 0.3) is 0 Å². The van der Waals surface area contributed by atoms with Crippen LogP contribution in [0.25, 0.3) is 0 Å². The minimum Gasteiger partial charge on any atom is -0.385 e. The Hall–Kier alpha value is -0.870. The molecule has 4 heteroatoms. The van der Waals surface area contributed by atoms with Gasteiger partial charge in [0.05, 0.1) is 5.69 Å². The van der Waals surface area contributed by atoms with Crippen LogP contribution in [0.15, 0.2) is 0 Å². The summed E-state index contributed by atoms with van der Waals surface area (Å²) in [7, 11) is 3.72. The molecule has 0 aromatic carbocycles. The van der Waals surface area contributed by atoms with E-state index in [1.165, 1.54) is 11.3 Å². The van der Waals surface area contributed by atoms with Gasteiger partial charge in [-0.05, 0) is 33.7 Å². The topological polar surface area (TPSA) is 39.1 Å². The molecule has 1 aromatic heterocycles. The molecule has 0 radical (unpaired) electrons. The Morgan fingerprint density at radius 3 is 2.62 bits per heavy atom. The van der Waals surface area contributed by atoms with Crippen molar-refractivity contribution in [3.63, 3.8) is 0 Å². The summed E-state index contributed by atoms with van der Waals surface area (Å²) in [6.07, 6.45) is 1.04. The molecule has 16 heavy (non-hydrogen) atoms. The summed E-state index contributed by atoms with van der Waals surface area (Å²) in [6, 6.07) is 0.352. The summed E-state index contributed by atoms with van der Waals surface area (Å²) in [5.41, 5.74) is 3.68. The number of nitrogens with one attached hydrogen (secondary N) is 1. The van der Waals surface area contributed by atoms with Crippen molar-refractivity contribution in [1.82, 2.24) is 15.1 Å². The van der Waals surface area contributed by atoms with Gasteiger partial charge in [-0.3, -0.25) is 4.68 Å². The molecule has 1 N–H and O–H groups in total. The fraction of sp³-hybridized carbons (Fsp3) is 0.750. The largest absolute Gasteiger partial charge is 0.385 e. The maximum Gasteiger partial charge on any atom is 0.0644 e. The van der Waals surface area contributed by atoms with Gasteiger partial charge >= 0.3 is 0 Å². The molecule has 0 fully saturated rings. The second-order valence-electron chi connectivity index (χ2n) is 4.23. The van der Waals surface area contributed by atoms with Gasteiger partial charge in [-0.1, -0.05) is 0 Å². The Bertz CT molecular complexity index is 333. The quantitative estimate of drug-likeness (QED) is 0.749. The Labute approximate surface area is 98.0 Å². The summed E-state index contributed by atoms with van der Waals surface area (Å²) < 4.78 is 6.97. The Morgan fingerprint density at radius 2 is 2.12 bits per heavy atom. The number of rotatable bonds is 6. The van der Waals surface area contributed by atoms with Gasteiger partial charge in [0, 0.05) is 38.1 Å². The standard InChI is InChI=1S/C12H23N3O/c1-9(13-7-6-8-16-5)12-10(2)14-15(4)11(12)3/h9,13H,6-8H2,1-5H3. The van der Waals surface area contributed by atoms with Crippen molar-refractivity contribution in [1.29, 1.82) is 0 Å². The lowest BCUT2D eigenvalue weighted by Crippen LogP contribution is -2.21. The lowest BCUT2D eigenvalue weighted by atomic mass is 10.1. The van der Waals surface area contributed by atoms with Crippen molar-refractivity contribution in [2.75, 3.05) is 20.3 Å². The highest BCUT2D eigenvalue weighted by atomic mass is 16.5. The van der Waals surface area contributed by atoms with E-state index < -0.39 is 0 Å². The molecule has 1 unspecified atom stereocenters. The molecule has 92 valence electrons. The van der Waals surface area contributed by atoms with Crippen molar-refractivity contribution < 1.29 is 4.74 Å². The molecular formula is C12H23N3O. The van der Waals surface area contributed by atoms with Crippen LogP contribution in [0.2, 0.25) is 0 Å². The van der Waals surface area contributed by atoms with E-state index in [1.807, 2.05) is 11.7 Å². The maximum absolute atomic E-state index is 5.02. The van der Waals surface area contributed by atoms with Crippen molar-refractivity contribution >= 4 is 0 Å². The van der Waals surface area contributed by atoms with E-state index in [0.29, 0.717) is 6.04 Å². The minimum absolute atomic E-state index is 0.352. The van der Waals surface area contributed by atoms with Crippen LogP contribution in [0.3, 0.4) is 0 Å². The second-order valence-corrected chi connectivity index (χ2v) is 4.23. The molecule has 0 amide bonds. The van der Waals surface area contributed by atoms with Gasteiger partial charge in [-0.15, -0.1) is 0 Å². The lowest BCUT2D eigenvalue weighted by Gasteiger charge is -2.14. The average molecular weight is 225 g/mol. The zero-order valence-corrected chi connectivity index (χ0v) is 11.0. The first-order chi connectivity index (χ1) is 7.57. The highest BCUT2D eigenvalue weighted by molar-refractivity contribution is 5.27. The first-order valence-electron chi connectivity index (χ1n) is 5.80. The second kappa shape index (κ2) is 6.01. The zero-order chi connectivity index (χ0) is 12.1. The molecule has 1 heterocycles. The van der Waals surface area contributed by atoms with Gasteiger partial charge in [-0.25, -0.2) is 0 Å². The highest BCUT2D eigenvalue weighted by Crippen LogP contribution is 2.20. The Balaban J connectivity index is 2.55. The van der Waals surface area contributed by atoms with Crippen molar-refractivity contribution in [2.45, 2.75) is 33.2 Å². The summed E-state index contributed by atoms with van der Waals surface area (Å²) in [4.78, 5) is 0.